The van der Waals surface area contributed by atoms with Crippen molar-refractivity contribution in [3.8, 4) is 0 Å². The van der Waals surface area contributed by atoms with Crippen molar-refractivity contribution in [2.75, 3.05) is 45.8 Å². The Bertz CT molecular complexity index is 436. The third kappa shape index (κ3) is 3.69. The summed E-state index contributed by atoms with van der Waals surface area (Å²) in [6.07, 6.45) is 1.61. The van der Waals surface area contributed by atoms with Gasteiger partial charge in [0.05, 0.1) is 25.0 Å². The number of anilines is 1. The number of aromatic nitrogens is 2. The molecule has 0 saturated heterocycles. The third-order valence-corrected chi connectivity index (χ3v) is 2.94. The van der Waals surface area contributed by atoms with E-state index in [2.05, 4.69) is 10.4 Å². The Hall–Kier alpha value is -1.11. The van der Waals surface area contributed by atoms with E-state index in [1.165, 1.54) is 4.68 Å². The fourth-order valence-corrected chi connectivity index (χ4v) is 1.75. The maximum Gasteiger partial charge on any atom is 0.287 e. The Labute approximate surface area is 111 Å². The molecule has 0 radical (unpaired) electrons. The quantitative estimate of drug-likeness (QED) is 0.770. The van der Waals surface area contributed by atoms with E-state index in [4.69, 9.17) is 16.3 Å². The lowest BCUT2D eigenvalue weighted by Gasteiger charge is -2.20. The Morgan fingerprint density at radius 1 is 1.61 bits per heavy atom. The first kappa shape index (κ1) is 14.9. The number of nitrogens with one attached hydrogen (secondary N) is 1. The van der Waals surface area contributed by atoms with Crippen LogP contribution in [0, 0.1) is 0 Å². The van der Waals surface area contributed by atoms with Crippen molar-refractivity contribution in [1.82, 2.24) is 15.1 Å². The van der Waals surface area contributed by atoms with Crippen LogP contribution in [0.2, 0.25) is 5.02 Å². The molecule has 0 spiro atoms. The molecule has 0 aromatic carbocycles. The maximum atomic E-state index is 11.9. The zero-order chi connectivity index (χ0) is 13.5. The van der Waals surface area contributed by atoms with E-state index >= 15 is 0 Å². The summed E-state index contributed by atoms with van der Waals surface area (Å²) in [4.78, 5) is 13.8. The molecular formula is C11H19ClN4O2. The molecule has 102 valence electrons. The lowest BCUT2D eigenvalue weighted by atomic mass is 10.4. The fourth-order valence-electron chi connectivity index (χ4n) is 1.46. The van der Waals surface area contributed by atoms with Crippen molar-refractivity contribution >= 4 is 17.3 Å². The highest BCUT2D eigenvalue weighted by atomic mass is 35.5. The molecule has 0 aliphatic heterocycles. The number of hydrogen-bond acceptors (Lipinski definition) is 5. The first-order valence-electron chi connectivity index (χ1n) is 5.72. The van der Waals surface area contributed by atoms with Crippen LogP contribution in [0.3, 0.4) is 0 Å². The number of halogens is 1. The zero-order valence-electron chi connectivity index (χ0n) is 10.9. The number of ether oxygens (including phenoxy) is 1. The van der Waals surface area contributed by atoms with Crippen LogP contribution in [0.4, 0.5) is 5.69 Å². The smallest absolute Gasteiger partial charge is 0.287 e. The van der Waals surface area contributed by atoms with Crippen LogP contribution in [0.1, 0.15) is 0 Å². The summed E-state index contributed by atoms with van der Waals surface area (Å²) >= 11 is 6.07. The number of hydrogen-bond donors (Lipinski definition) is 1. The SMILES string of the molecule is CNCCN(C)c1cnn(CCOC)c(=O)c1Cl. The second-order valence-corrected chi connectivity index (χ2v) is 4.27. The van der Waals surface area contributed by atoms with Crippen molar-refractivity contribution in [2.45, 2.75) is 6.54 Å². The van der Waals surface area contributed by atoms with Gasteiger partial charge < -0.3 is 15.0 Å². The van der Waals surface area contributed by atoms with Gasteiger partial charge >= 0.3 is 0 Å². The Morgan fingerprint density at radius 2 is 2.33 bits per heavy atom. The van der Waals surface area contributed by atoms with Crippen LogP contribution < -0.4 is 15.8 Å². The summed E-state index contributed by atoms with van der Waals surface area (Å²) < 4.78 is 6.22. The highest BCUT2D eigenvalue weighted by Gasteiger charge is 2.12. The normalized spacial score (nSPS) is 10.7. The average molecular weight is 275 g/mol. The molecular weight excluding hydrogens is 256 g/mol. The lowest BCUT2D eigenvalue weighted by molar-refractivity contribution is 0.182. The predicted octanol–water partition coefficient (Wildman–Crippen LogP) is 0.199. The van der Waals surface area contributed by atoms with Crippen molar-refractivity contribution in [3.63, 3.8) is 0 Å². The fraction of sp³-hybridized carbons (Fsp3) is 0.636. The number of methoxy groups -OCH3 is 1. The molecule has 1 aromatic rings. The van der Waals surface area contributed by atoms with E-state index in [9.17, 15) is 4.79 Å². The zero-order valence-corrected chi connectivity index (χ0v) is 11.7. The van der Waals surface area contributed by atoms with E-state index in [0.717, 1.165) is 13.1 Å². The Kier molecular flexibility index (Phi) is 6.11. The van der Waals surface area contributed by atoms with Crippen LogP contribution in [-0.2, 0) is 11.3 Å². The lowest BCUT2D eigenvalue weighted by Crippen LogP contribution is -2.31. The van der Waals surface area contributed by atoms with E-state index in [-0.39, 0.29) is 10.6 Å². The minimum Gasteiger partial charge on any atom is -0.383 e. The molecule has 0 amide bonds. The molecule has 0 fully saturated rings. The van der Waals surface area contributed by atoms with Gasteiger partial charge in [0.25, 0.3) is 5.56 Å². The largest absolute Gasteiger partial charge is 0.383 e. The monoisotopic (exact) mass is 274 g/mol. The van der Waals surface area contributed by atoms with E-state index in [0.29, 0.717) is 18.8 Å². The first-order valence-corrected chi connectivity index (χ1v) is 6.10. The van der Waals surface area contributed by atoms with Crippen LogP contribution in [0.25, 0.3) is 0 Å². The van der Waals surface area contributed by atoms with Gasteiger partial charge in [-0.3, -0.25) is 4.79 Å². The summed E-state index contributed by atoms with van der Waals surface area (Å²) in [5.74, 6) is 0. The molecule has 0 atom stereocenters. The number of nitrogens with zero attached hydrogens (tertiary/aromatic N) is 3. The van der Waals surface area contributed by atoms with Gasteiger partial charge in [-0.15, -0.1) is 0 Å². The van der Waals surface area contributed by atoms with Gasteiger partial charge in [-0.25, -0.2) is 4.68 Å². The van der Waals surface area contributed by atoms with Gasteiger partial charge in [0.1, 0.15) is 5.02 Å². The van der Waals surface area contributed by atoms with Crippen LogP contribution in [0.5, 0.6) is 0 Å². The molecule has 18 heavy (non-hydrogen) atoms. The van der Waals surface area contributed by atoms with E-state index < -0.39 is 0 Å². The molecule has 0 bridgehead atoms. The molecule has 1 heterocycles. The molecule has 6 nitrogen and oxygen atoms in total. The number of likely N-dealkylation sites (N-methyl/N-ethyl adjacent to an activating group) is 2. The summed E-state index contributed by atoms with van der Waals surface area (Å²) in [5, 5.41) is 7.31. The van der Waals surface area contributed by atoms with Crippen molar-refractivity contribution in [2.24, 2.45) is 0 Å². The first-order chi connectivity index (χ1) is 8.61. The predicted molar refractivity (Wildman–Crippen MR) is 72.6 cm³/mol. The summed E-state index contributed by atoms with van der Waals surface area (Å²) in [6.45, 7) is 2.38. The second-order valence-electron chi connectivity index (χ2n) is 3.89. The molecule has 0 unspecified atom stereocenters. The summed E-state index contributed by atoms with van der Waals surface area (Å²) in [5.41, 5.74) is 0.355. The second kappa shape index (κ2) is 7.35. The standard InChI is InChI=1S/C11H19ClN4O2/c1-13-4-5-15(2)9-8-14-16(6-7-18-3)11(17)10(9)12/h8,13H,4-7H2,1-3H3. The highest BCUT2D eigenvalue weighted by molar-refractivity contribution is 6.33. The van der Waals surface area contributed by atoms with Gasteiger partial charge in [0.15, 0.2) is 0 Å². The Morgan fingerprint density at radius 3 is 2.94 bits per heavy atom. The van der Waals surface area contributed by atoms with Crippen LogP contribution >= 0.6 is 11.6 Å². The van der Waals surface area contributed by atoms with Gasteiger partial charge in [-0.05, 0) is 7.05 Å². The third-order valence-electron chi connectivity index (χ3n) is 2.58. The molecule has 1 rings (SSSR count). The van der Waals surface area contributed by atoms with E-state index in [1.807, 2.05) is 19.0 Å². The van der Waals surface area contributed by atoms with Gasteiger partial charge in [0.2, 0.25) is 0 Å². The molecule has 0 aliphatic rings. The summed E-state index contributed by atoms with van der Waals surface area (Å²) in [7, 11) is 5.32. The minimum absolute atomic E-state index is 0.194. The molecule has 0 saturated carbocycles. The topological polar surface area (TPSA) is 59.4 Å². The average Bonchev–Trinajstić information content (AvgIpc) is 2.37. The Balaban J connectivity index is 2.89. The minimum atomic E-state index is -0.289. The molecule has 0 aliphatic carbocycles. The molecule has 1 aromatic heterocycles. The van der Waals surface area contributed by atoms with Crippen LogP contribution in [-0.4, -0.2) is 50.7 Å². The van der Waals surface area contributed by atoms with Gasteiger partial charge in [-0.1, -0.05) is 11.6 Å². The molecule has 7 heteroatoms. The van der Waals surface area contributed by atoms with Gasteiger partial charge in [-0.2, -0.15) is 5.10 Å². The summed E-state index contributed by atoms with van der Waals surface area (Å²) in [6, 6.07) is 0. The van der Waals surface area contributed by atoms with Crippen molar-refractivity contribution in [1.29, 1.82) is 0 Å². The highest BCUT2D eigenvalue weighted by Crippen LogP contribution is 2.18. The van der Waals surface area contributed by atoms with Gasteiger partial charge in [0, 0.05) is 27.2 Å². The van der Waals surface area contributed by atoms with Crippen molar-refractivity contribution in [3.05, 3.63) is 21.6 Å². The number of rotatable bonds is 7. The van der Waals surface area contributed by atoms with Crippen molar-refractivity contribution < 1.29 is 4.74 Å². The van der Waals surface area contributed by atoms with E-state index in [1.54, 1.807) is 13.3 Å². The molecule has 1 N–H and O–H groups in total. The maximum absolute atomic E-state index is 11.9. The van der Waals surface area contributed by atoms with Crippen LogP contribution in [0.15, 0.2) is 11.0 Å².